The molecular formula is C24H36N6O6. The maximum atomic E-state index is 13.2. The van der Waals surface area contributed by atoms with Crippen molar-refractivity contribution in [1.29, 1.82) is 0 Å². The molecule has 7 amide bonds. The summed E-state index contributed by atoms with van der Waals surface area (Å²) in [5, 5.41) is 2.49. The van der Waals surface area contributed by atoms with Crippen molar-refractivity contribution in [3.8, 4) is 0 Å². The number of imide groups is 3. The second-order valence-electron chi connectivity index (χ2n) is 10.8. The number of urea groups is 2. The molecule has 4 fully saturated rings. The van der Waals surface area contributed by atoms with E-state index in [4.69, 9.17) is 16.2 Å². The first-order valence-corrected chi connectivity index (χ1v) is 12.6. The lowest BCUT2D eigenvalue weighted by Crippen LogP contribution is -2.63. The molecule has 0 aromatic heterocycles. The quantitative estimate of drug-likeness (QED) is 0.349. The molecule has 36 heavy (non-hydrogen) atoms. The lowest BCUT2D eigenvalue weighted by Gasteiger charge is -2.47. The number of carbonyl (C=O) groups excluding carboxylic acids is 5. The van der Waals surface area contributed by atoms with Crippen LogP contribution in [0.25, 0.3) is 0 Å². The van der Waals surface area contributed by atoms with Crippen LogP contribution >= 0.6 is 0 Å². The third kappa shape index (κ3) is 4.54. The minimum atomic E-state index is -0.747. The molecule has 3 aliphatic heterocycles. The molecule has 1 saturated carbocycles. The van der Waals surface area contributed by atoms with Gasteiger partial charge >= 0.3 is 12.1 Å². The maximum Gasteiger partial charge on any atom is 0.334 e. The molecule has 0 bridgehead atoms. The molecule has 4 rings (SSSR count). The van der Waals surface area contributed by atoms with E-state index in [1.807, 2.05) is 6.92 Å². The Morgan fingerprint density at radius 3 is 2.36 bits per heavy atom. The Balaban J connectivity index is 1.46. The predicted molar refractivity (Wildman–Crippen MR) is 128 cm³/mol. The van der Waals surface area contributed by atoms with Crippen LogP contribution in [-0.2, 0) is 19.1 Å². The van der Waals surface area contributed by atoms with Crippen molar-refractivity contribution < 1.29 is 28.7 Å². The van der Waals surface area contributed by atoms with E-state index in [9.17, 15) is 24.0 Å². The van der Waals surface area contributed by atoms with E-state index in [2.05, 4.69) is 12.2 Å². The number of barbiturate groups is 1. The third-order valence-corrected chi connectivity index (χ3v) is 8.04. The molecule has 12 nitrogen and oxygen atoms in total. The number of unbranched alkanes of at least 4 members (excludes halogenated alkanes) is 1. The topological polar surface area (TPSA) is 168 Å². The molecule has 198 valence electrons. The zero-order chi connectivity index (χ0) is 26.3. The summed E-state index contributed by atoms with van der Waals surface area (Å²) in [5.74, 6) is -2.16. The molecule has 3 saturated heterocycles. The van der Waals surface area contributed by atoms with Crippen LogP contribution in [0.15, 0.2) is 11.4 Å². The SMILES string of the molecule is CCCCN1C(=O)C(=C(N)N)C(=O)N(C2CCC(C)(CN3C[C@]4(CCOC4)C(=O)NC3=O)CC2)C1=O. The first kappa shape index (κ1) is 25.9. The smallest absolute Gasteiger partial charge is 0.334 e. The number of hydrogen-bond donors (Lipinski definition) is 3. The number of carbonyl (C=O) groups is 5. The molecule has 0 radical (unpaired) electrons. The first-order valence-electron chi connectivity index (χ1n) is 12.6. The summed E-state index contributed by atoms with van der Waals surface area (Å²) in [6.45, 7) is 5.76. The number of hydrogen-bond acceptors (Lipinski definition) is 8. The first-order chi connectivity index (χ1) is 17.0. The minimum Gasteiger partial charge on any atom is -0.385 e. The number of amides is 7. The molecular weight excluding hydrogens is 468 g/mol. The Morgan fingerprint density at radius 2 is 1.78 bits per heavy atom. The van der Waals surface area contributed by atoms with Crippen LogP contribution < -0.4 is 16.8 Å². The zero-order valence-corrected chi connectivity index (χ0v) is 21.0. The van der Waals surface area contributed by atoms with Gasteiger partial charge in [-0.25, -0.2) is 9.59 Å². The zero-order valence-electron chi connectivity index (χ0n) is 21.0. The fraction of sp³-hybridized carbons (Fsp3) is 0.708. The molecule has 3 heterocycles. The highest BCUT2D eigenvalue weighted by molar-refractivity contribution is 6.29. The largest absolute Gasteiger partial charge is 0.385 e. The van der Waals surface area contributed by atoms with Gasteiger partial charge in [-0.3, -0.25) is 29.5 Å². The van der Waals surface area contributed by atoms with Crippen molar-refractivity contribution in [3.05, 3.63) is 11.4 Å². The monoisotopic (exact) mass is 504 g/mol. The minimum absolute atomic E-state index is 0.188. The van der Waals surface area contributed by atoms with E-state index in [1.54, 1.807) is 4.90 Å². The van der Waals surface area contributed by atoms with Crippen LogP contribution in [0.1, 0.15) is 58.8 Å². The third-order valence-electron chi connectivity index (χ3n) is 8.04. The van der Waals surface area contributed by atoms with Crippen molar-refractivity contribution in [2.45, 2.75) is 64.8 Å². The highest BCUT2D eigenvalue weighted by Crippen LogP contribution is 2.41. The Hall–Kier alpha value is -3.15. The van der Waals surface area contributed by atoms with Gasteiger partial charge in [0.2, 0.25) is 5.91 Å². The van der Waals surface area contributed by atoms with E-state index in [1.165, 1.54) is 0 Å². The fourth-order valence-corrected chi connectivity index (χ4v) is 5.77. The Kier molecular flexibility index (Phi) is 7.00. The van der Waals surface area contributed by atoms with Crippen LogP contribution in [0.3, 0.4) is 0 Å². The molecule has 4 aliphatic rings. The van der Waals surface area contributed by atoms with Gasteiger partial charge in [0, 0.05) is 32.3 Å². The van der Waals surface area contributed by atoms with E-state index >= 15 is 0 Å². The van der Waals surface area contributed by atoms with Crippen molar-refractivity contribution in [1.82, 2.24) is 20.0 Å². The molecule has 1 atom stereocenters. The lowest BCUT2D eigenvalue weighted by atomic mass is 9.72. The number of rotatable bonds is 6. The lowest BCUT2D eigenvalue weighted by molar-refractivity contribution is -0.138. The second kappa shape index (κ2) is 9.72. The van der Waals surface area contributed by atoms with Gasteiger partial charge in [0.1, 0.15) is 11.4 Å². The molecule has 0 aromatic carbocycles. The summed E-state index contributed by atoms with van der Waals surface area (Å²) >= 11 is 0. The van der Waals surface area contributed by atoms with Gasteiger partial charge in [0.15, 0.2) is 0 Å². The molecule has 0 aromatic rings. The standard InChI is InChI=1S/C24H36N6O6/c1-3-4-10-29-18(31)16(17(25)26)19(32)30(22(29)35)15-5-7-23(2,8-6-15)12-28-13-24(9-11-36-14-24)20(33)27-21(28)34/h15H,3-14,25-26H2,1-2H3,(H,27,33,34)/t15?,23?,24-/m0/s1. The average molecular weight is 505 g/mol. The fourth-order valence-electron chi connectivity index (χ4n) is 5.77. The Labute approximate surface area is 210 Å². The normalized spacial score (nSPS) is 31.5. The highest BCUT2D eigenvalue weighted by atomic mass is 16.5. The van der Waals surface area contributed by atoms with E-state index in [-0.39, 0.29) is 29.3 Å². The van der Waals surface area contributed by atoms with Gasteiger partial charge in [0.25, 0.3) is 11.8 Å². The van der Waals surface area contributed by atoms with Crippen LogP contribution in [0.2, 0.25) is 0 Å². The van der Waals surface area contributed by atoms with Crippen LogP contribution in [0.4, 0.5) is 9.59 Å². The van der Waals surface area contributed by atoms with E-state index in [0.29, 0.717) is 64.8 Å². The van der Waals surface area contributed by atoms with E-state index < -0.39 is 35.3 Å². The van der Waals surface area contributed by atoms with Crippen molar-refractivity contribution in [3.63, 3.8) is 0 Å². The summed E-state index contributed by atoms with van der Waals surface area (Å²) in [6.07, 6.45) is 4.29. The summed E-state index contributed by atoms with van der Waals surface area (Å²) in [7, 11) is 0. The van der Waals surface area contributed by atoms with Gasteiger partial charge in [-0.1, -0.05) is 20.3 Å². The molecule has 1 spiro atoms. The average Bonchev–Trinajstić information content (AvgIpc) is 3.28. The van der Waals surface area contributed by atoms with E-state index in [0.717, 1.165) is 16.2 Å². The molecule has 5 N–H and O–H groups in total. The highest BCUT2D eigenvalue weighted by Gasteiger charge is 2.51. The molecule has 0 unspecified atom stereocenters. The van der Waals surface area contributed by atoms with Gasteiger partial charge in [-0.15, -0.1) is 0 Å². The van der Waals surface area contributed by atoms with Crippen LogP contribution in [0.5, 0.6) is 0 Å². The number of nitrogens with zero attached hydrogens (tertiary/aromatic N) is 3. The summed E-state index contributed by atoms with van der Waals surface area (Å²) in [5.41, 5.74) is 10.0. The Bertz CT molecular complexity index is 991. The second-order valence-corrected chi connectivity index (χ2v) is 10.8. The van der Waals surface area contributed by atoms with Crippen LogP contribution in [0, 0.1) is 10.8 Å². The number of nitrogens with two attached hydrogens (primary N) is 2. The van der Waals surface area contributed by atoms with Crippen molar-refractivity contribution >= 4 is 29.8 Å². The predicted octanol–water partition coefficient (Wildman–Crippen LogP) is 0.614. The number of ether oxygens (including phenoxy) is 1. The van der Waals surface area contributed by atoms with Gasteiger partial charge in [-0.05, 0) is 43.9 Å². The summed E-state index contributed by atoms with van der Waals surface area (Å²) in [6, 6.07) is -1.44. The van der Waals surface area contributed by atoms with Crippen molar-refractivity contribution in [2.75, 3.05) is 32.8 Å². The van der Waals surface area contributed by atoms with Gasteiger partial charge < -0.3 is 21.1 Å². The summed E-state index contributed by atoms with van der Waals surface area (Å²) < 4.78 is 5.46. The number of nitrogens with one attached hydrogen (secondary N) is 1. The van der Waals surface area contributed by atoms with Gasteiger partial charge in [-0.2, -0.15) is 0 Å². The molecule has 1 aliphatic carbocycles. The van der Waals surface area contributed by atoms with Crippen LogP contribution in [-0.4, -0.2) is 83.4 Å². The molecule has 12 heteroatoms. The Morgan fingerprint density at radius 1 is 1.08 bits per heavy atom. The summed E-state index contributed by atoms with van der Waals surface area (Å²) in [4.78, 5) is 68.1. The van der Waals surface area contributed by atoms with Gasteiger partial charge in [0.05, 0.1) is 12.0 Å². The maximum absolute atomic E-state index is 13.2. The van der Waals surface area contributed by atoms with Crippen molar-refractivity contribution in [2.24, 2.45) is 22.3 Å².